The van der Waals surface area contributed by atoms with Crippen molar-refractivity contribution in [2.24, 2.45) is 11.8 Å². The summed E-state index contributed by atoms with van der Waals surface area (Å²) < 4.78 is 0. The Balaban J connectivity index is 1.23. The maximum atomic E-state index is 15.9. The zero-order chi connectivity index (χ0) is 57.2. The van der Waals surface area contributed by atoms with E-state index in [1.54, 1.807) is 11.3 Å². The van der Waals surface area contributed by atoms with Gasteiger partial charge in [0.25, 0.3) is 11.8 Å². The van der Waals surface area contributed by atoms with Crippen molar-refractivity contribution in [1.29, 1.82) is 0 Å². The fraction of sp³-hybridized carbons (Fsp3) is 0.627. The van der Waals surface area contributed by atoms with Crippen molar-refractivity contribution in [3.05, 3.63) is 103 Å². The van der Waals surface area contributed by atoms with E-state index >= 15 is 9.59 Å². The summed E-state index contributed by atoms with van der Waals surface area (Å²) in [5.41, 5.74) is 6.34. The SMILES string of the molecule is CCCCCCCCCC1CCCCCCCCCCC(C)(C)c2ccc(s2)C2=c3cc4c(cc3N(CC(CCCCCCCC)CCCCCCCCC)C2=O)=C(c2ccc(-c3ccc5cc(C(C)(C)C)ccc5c3)s2)C(=O)N4C1. The summed E-state index contributed by atoms with van der Waals surface area (Å²) in [5.74, 6) is 1.15. The second-order valence-electron chi connectivity index (χ2n) is 27.2. The Morgan fingerprint density at radius 2 is 1.05 bits per heavy atom. The molecule has 2 amide bonds. The summed E-state index contributed by atoms with van der Waals surface area (Å²) in [6, 6.07) is 27.5. The molecule has 6 heteroatoms. The van der Waals surface area contributed by atoms with Crippen LogP contribution in [0, 0.1) is 11.8 Å². The van der Waals surface area contributed by atoms with E-state index in [9.17, 15) is 0 Å². The van der Waals surface area contributed by atoms with Gasteiger partial charge in [0.15, 0.2) is 0 Å². The van der Waals surface area contributed by atoms with Gasteiger partial charge in [0.05, 0.1) is 22.5 Å². The van der Waals surface area contributed by atoms with Crippen molar-refractivity contribution in [2.75, 3.05) is 22.9 Å². The largest absolute Gasteiger partial charge is 0.307 e. The van der Waals surface area contributed by atoms with Gasteiger partial charge in [0.2, 0.25) is 0 Å². The van der Waals surface area contributed by atoms with Gasteiger partial charge < -0.3 is 9.80 Å². The Hall–Kier alpha value is -4.00. The number of hydrogen-bond donors (Lipinski definition) is 0. The van der Waals surface area contributed by atoms with Crippen LogP contribution in [0.25, 0.3) is 32.4 Å². The quantitative estimate of drug-likeness (QED) is 0.0492. The third kappa shape index (κ3) is 17.1. The number of nitrogens with zero attached hydrogens (tertiary/aromatic N) is 2. The van der Waals surface area contributed by atoms with Gasteiger partial charge in [-0.25, -0.2) is 0 Å². The van der Waals surface area contributed by atoms with E-state index in [4.69, 9.17) is 0 Å². The molecule has 0 N–H and O–H groups in total. The minimum absolute atomic E-state index is 0.0306. The van der Waals surface area contributed by atoms with E-state index in [2.05, 4.69) is 138 Å². The smallest absolute Gasteiger partial charge is 0.260 e. The van der Waals surface area contributed by atoms with Crippen LogP contribution in [0.2, 0.25) is 0 Å². The van der Waals surface area contributed by atoms with Gasteiger partial charge in [-0.3, -0.25) is 9.59 Å². The van der Waals surface area contributed by atoms with Gasteiger partial charge in [-0.1, -0.05) is 266 Å². The molecule has 3 aromatic carbocycles. The molecule has 4 nitrogen and oxygen atoms in total. The van der Waals surface area contributed by atoms with Crippen LogP contribution in [0.4, 0.5) is 11.4 Å². The topological polar surface area (TPSA) is 40.6 Å². The van der Waals surface area contributed by atoms with Gasteiger partial charge in [-0.05, 0) is 119 Å². The Morgan fingerprint density at radius 1 is 0.531 bits per heavy atom. The average Bonchev–Trinajstić information content (AvgIpc) is 4.44. The highest BCUT2D eigenvalue weighted by atomic mass is 32.1. The van der Waals surface area contributed by atoms with Crippen LogP contribution in [-0.2, 0) is 20.4 Å². The molecule has 8 rings (SSSR count). The molecule has 0 fully saturated rings. The van der Waals surface area contributed by atoms with Crippen LogP contribution in [-0.4, -0.2) is 24.9 Å². The zero-order valence-corrected chi connectivity index (χ0v) is 54.0. The molecule has 0 saturated heterocycles. The van der Waals surface area contributed by atoms with Crippen molar-refractivity contribution in [1.82, 2.24) is 0 Å². The zero-order valence-electron chi connectivity index (χ0n) is 52.4. The highest BCUT2D eigenvalue weighted by Crippen LogP contribution is 2.42. The summed E-state index contributed by atoms with van der Waals surface area (Å²) in [6.07, 6.45) is 42.0. The summed E-state index contributed by atoms with van der Waals surface area (Å²) in [7, 11) is 0. The van der Waals surface area contributed by atoms with E-state index in [0.29, 0.717) is 11.8 Å². The molecule has 3 aliphatic heterocycles. The number of fused-ring (bicyclic) bond motifs is 4. The first-order chi connectivity index (χ1) is 39.3. The molecule has 0 radical (unpaired) electrons. The summed E-state index contributed by atoms with van der Waals surface area (Å²) >= 11 is 3.61. The maximum absolute atomic E-state index is 15.9. The average molecular weight is 1130 g/mol. The normalized spacial score (nSPS) is 17.7. The summed E-state index contributed by atoms with van der Waals surface area (Å²) in [6.45, 7) is 20.1. The Morgan fingerprint density at radius 3 is 1.70 bits per heavy atom. The molecule has 2 aromatic heterocycles. The standard InChI is InChI=1S/C75H108N2O2S2/c1-9-12-15-18-23-28-33-38-56(37-32-27-20-17-14-11-3)55-77-65-52-62-64-53-63(65)71(73(77)79)68-47-48-69(81-68)75(7,8)49-36-31-26-22-21-25-30-35-40-57(39-34-29-24-19-16-13-10-2)54-76(64)72(78)70(62)67-46-45-66(80-67)60-42-41-59-51-61(74(4,5)6)44-43-58(59)50-60/h41-48,50-53,56-57H,9-40,49,54-55H2,1-8H3. The molecule has 5 heterocycles. The van der Waals surface area contributed by atoms with Crippen molar-refractivity contribution in [3.63, 3.8) is 0 Å². The monoisotopic (exact) mass is 1130 g/mol. The number of carbonyl (C=O) groups is 2. The van der Waals surface area contributed by atoms with E-state index in [0.717, 1.165) is 87.9 Å². The number of rotatable bonds is 27. The van der Waals surface area contributed by atoms with Crippen LogP contribution in [0.3, 0.4) is 0 Å². The number of unbranched alkanes of at least 4 members (excludes halogenated alkanes) is 17. The lowest BCUT2D eigenvalue weighted by Gasteiger charge is -2.27. The Bertz CT molecular complexity index is 2910. The Kier molecular flexibility index (Phi) is 24.3. The lowest BCUT2D eigenvalue weighted by Crippen LogP contribution is -2.35. The summed E-state index contributed by atoms with van der Waals surface area (Å²) in [5, 5.41) is 4.55. The molecular weight excluding hydrogens is 1020 g/mol. The summed E-state index contributed by atoms with van der Waals surface area (Å²) in [4.78, 5) is 40.8. The van der Waals surface area contributed by atoms with Crippen LogP contribution in [0.1, 0.15) is 287 Å². The Labute approximate surface area is 501 Å². The number of benzene rings is 3. The van der Waals surface area contributed by atoms with Crippen molar-refractivity contribution >= 4 is 67.8 Å². The lowest BCUT2D eigenvalue weighted by molar-refractivity contribution is -0.114. The molecule has 3 aliphatic rings. The third-order valence-corrected chi connectivity index (χ3v) is 21.6. The molecular formula is C75H108N2O2S2. The number of carbonyl (C=O) groups excluding carboxylic acids is 2. The molecule has 2 atom stereocenters. The van der Waals surface area contributed by atoms with E-state index in [1.807, 2.05) is 11.3 Å². The molecule has 442 valence electrons. The maximum Gasteiger partial charge on any atom is 0.260 e. The molecule has 2 unspecified atom stereocenters. The van der Waals surface area contributed by atoms with Crippen molar-refractivity contribution < 1.29 is 9.59 Å². The van der Waals surface area contributed by atoms with Crippen LogP contribution in [0.15, 0.2) is 72.8 Å². The molecule has 5 aromatic rings. The number of thiophene rings is 2. The van der Waals surface area contributed by atoms with E-state index < -0.39 is 0 Å². The van der Waals surface area contributed by atoms with Gasteiger partial charge in [-0.15, -0.1) is 22.7 Å². The number of amides is 2. The second kappa shape index (κ2) is 31.2. The second-order valence-corrected chi connectivity index (χ2v) is 29.3. The molecule has 0 aliphatic carbocycles. The van der Waals surface area contributed by atoms with Crippen LogP contribution >= 0.6 is 22.7 Å². The van der Waals surface area contributed by atoms with Crippen molar-refractivity contribution in [2.45, 2.75) is 278 Å². The van der Waals surface area contributed by atoms with Crippen LogP contribution in [0.5, 0.6) is 0 Å². The van der Waals surface area contributed by atoms with Gasteiger partial charge >= 0.3 is 0 Å². The fourth-order valence-electron chi connectivity index (χ4n) is 13.7. The minimum Gasteiger partial charge on any atom is -0.307 e. The van der Waals surface area contributed by atoms with Gasteiger partial charge in [0.1, 0.15) is 0 Å². The van der Waals surface area contributed by atoms with Gasteiger partial charge in [-0.2, -0.15) is 0 Å². The van der Waals surface area contributed by atoms with Crippen LogP contribution < -0.4 is 20.2 Å². The van der Waals surface area contributed by atoms with Gasteiger partial charge in [0, 0.05) is 43.0 Å². The first kappa shape index (κ1) is 63.0. The lowest BCUT2D eigenvalue weighted by atomic mass is 9.85. The molecule has 4 bridgehead atoms. The number of anilines is 2. The first-order valence-electron chi connectivity index (χ1n) is 33.6. The minimum atomic E-state index is 0.0306. The molecule has 0 saturated carbocycles. The number of hydrogen-bond acceptors (Lipinski definition) is 4. The highest BCUT2D eigenvalue weighted by molar-refractivity contribution is 7.17. The first-order valence-corrected chi connectivity index (χ1v) is 35.3. The fourth-order valence-corrected chi connectivity index (χ4v) is 15.9. The highest BCUT2D eigenvalue weighted by Gasteiger charge is 2.38. The third-order valence-electron chi connectivity index (χ3n) is 19.0. The molecule has 0 spiro atoms. The van der Waals surface area contributed by atoms with E-state index in [-0.39, 0.29) is 22.6 Å². The van der Waals surface area contributed by atoms with Crippen molar-refractivity contribution in [3.8, 4) is 10.4 Å². The molecule has 81 heavy (non-hydrogen) atoms. The van der Waals surface area contributed by atoms with E-state index in [1.165, 1.54) is 211 Å². The predicted octanol–water partition coefficient (Wildman–Crippen LogP) is 21.5. The predicted molar refractivity (Wildman–Crippen MR) is 355 cm³/mol.